The SMILES string of the molecule is CCCCn1c(C)c(-c2cccc(OC)c2)c2c(C)nccc21. The first-order valence-corrected chi connectivity index (χ1v) is 8.26. The summed E-state index contributed by atoms with van der Waals surface area (Å²) in [5.74, 6) is 0.887. The fourth-order valence-corrected chi connectivity index (χ4v) is 3.32. The molecule has 2 aromatic heterocycles. The first-order valence-electron chi connectivity index (χ1n) is 8.26. The Morgan fingerprint density at radius 1 is 1.17 bits per heavy atom. The minimum atomic E-state index is 0.887. The number of pyridine rings is 1. The van der Waals surface area contributed by atoms with Crippen molar-refractivity contribution in [3.05, 3.63) is 47.9 Å². The summed E-state index contributed by atoms with van der Waals surface area (Å²) in [5, 5.41) is 1.26. The molecule has 0 radical (unpaired) electrons. The summed E-state index contributed by atoms with van der Waals surface area (Å²) in [6.45, 7) is 7.59. The van der Waals surface area contributed by atoms with Crippen LogP contribution in [0.5, 0.6) is 5.75 Å². The van der Waals surface area contributed by atoms with Gasteiger partial charge in [0.1, 0.15) is 5.75 Å². The van der Waals surface area contributed by atoms with E-state index in [4.69, 9.17) is 4.74 Å². The zero-order valence-corrected chi connectivity index (χ0v) is 14.4. The van der Waals surface area contributed by atoms with E-state index in [-0.39, 0.29) is 0 Å². The number of aryl methyl sites for hydroxylation is 2. The second kappa shape index (κ2) is 6.45. The summed E-state index contributed by atoms with van der Waals surface area (Å²) in [4.78, 5) is 4.53. The summed E-state index contributed by atoms with van der Waals surface area (Å²) in [6, 6.07) is 10.4. The van der Waals surface area contributed by atoms with Gasteiger partial charge in [0.25, 0.3) is 0 Å². The van der Waals surface area contributed by atoms with E-state index in [1.165, 1.54) is 40.6 Å². The van der Waals surface area contributed by atoms with E-state index in [0.29, 0.717) is 0 Å². The number of unbranched alkanes of at least 4 members (excludes halogenated alkanes) is 1. The van der Waals surface area contributed by atoms with Gasteiger partial charge < -0.3 is 9.30 Å². The summed E-state index contributed by atoms with van der Waals surface area (Å²) in [6.07, 6.45) is 4.29. The highest BCUT2D eigenvalue weighted by molar-refractivity contribution is 5.99. The highest BCUT2D eigenvalue weighted by atomic mass is 16.5. The van der Waals surface area contributed by atoms with Crippen LogP contribution in [0, 0.1) is 13.8 Å². The molecule has 0 bridgehead atoms. The molecule has 1 aromatic carbocycles. The lowest BCUT2D eigenvalue weighted by Gasteiger charge is -2.08. The lowest BCUT2D eigenvalue weighted by molar-refractivity contribution is 0.415. The summed E-state index contributed by atoms with van der Waals surface area (Å²) >= 11 is 0. The normalized spacial score (nSPS) is 11.1. The predicted octanol–water partition coefficient (Wildman–Crippen LogP) is 5.13. The van der Waals surface area contributed by atoms with Gasteiger partial charge >= 0.3 is 0 Å². The van der Waals surface area contributed by atoms with E-state index in [9.17, 15) is 0 Å². The molecule has 0 atom stereocenters. The largest absolute Gasteiger partial charge is 0.497 e. The molecule has 0 saturated heterocycles. The molecule has 3 nitrogen and oxygen atoms in total. The van der Waals surface area contributed by atoms with Gasteiger partial charge in [0, 0.05) is 35.1 Å². The fourth-order valence-electron chi connectivity index (χ4n) is 3.32. The maximum absolute atomic E-state index is 5.41. The van der Waals surface area contributed by atoms with Gasteiger partial charge in [-0.2, -0.15) is 0 Å². The first-order chi connectivity index (χ1) is 11.2. The summed E-state index contributed by atoms with van der Waals surface area (Å²) in [7, 11) is 1.71. The molecule has 0 aliphatic carbocycles. The van der Waals surface area contributed by atoms with E-state index >= 15 is 0 Å². The number of ether oxygens (including phenoxy) is 1. The van der Waals surface area contributed by atoms with E-state index in [1.807, 2.05) is 12.3 Å². The van der Waals surface area contributed by atoms with Crippen LogP contribution in [0.25, 0.3) is 22.0 Å². The molecule has 0 aliphatic rings. The molecule has 0 fully saturated rings. The predicted molar refractivity (Wildman–Crippen MR) is 96.1 cm³/mol. The van der Waals surface area contributed by atoms with Crippen molar-refractivity contribution in [3.8, 4) is 16.9 Å². The molecule has 23 heavy (non-hydrogen) atoms. The number of hydrogen-bond acceptors (Lipinski definition) is 2. The standard InChI is InChI=1S/C20H24N2O/c1-5-6-12-22-15(3)20(16-8-7-9-17(13-16)23-4)19-14(2)21-11-10-18(19)22/h7-11,13H,5-6,12H2,1-4H3. The van der Waals surface area contributed by atoms with Crippen LogP contribution in [0.2, 0.25) is 0 Å². The van der Waals surface area contributed by atoms with E-state index in [1.54, 1.807) is 7.11 Å². The van der Waals surface area contributed by atoms with Crippen LogP contribution in [0.15, 0.2) is 36.5 Å². The molecule has 3 heteroatoms. The van der Waals surface area contributed by atoms with Gasteiger partial charge in [0.2, 0.25) is 0 Å². The molecule has 0 unspecified atom stereocenters. The molecular formula is C20H24N2O. The number of fused-ring (bicyclic) bond motifs is 1. The van der Waals surface area contributed by atoms with E-state index in [2.05, 4.69) is 54.6 Å². The number of hydrogen-bond donors (Lipinski definition) is 0. The third kappa shape index (κ3) is 2.72. The lowest BCUT2D eigenvalue weighted by atomic mass is 10.0. The quantitative estimate of drug-likeness (QED) is 0.653. The lowest BCUT2D eigenvalue weighted by Crippen LogP contribution is -2.00. The first kappa shape index (κ1) is 15.6. The van der Waals surface area contributed by atoms with Crippen LogP contribution in [-0.2, 0) is 6.54 Å². The Hall–Kier alpha value is -2.29. The van der Waals surface area contributed by atoms with Crippen molar-refractivity contribution >= 4 is 10.9 Å². The van der Waals surface area contributed by atoms with Crippen LogP contribution in [0.4, 0.5) is 0 Å². The third-order valence-corrected chi connectivity index (χ3v) is 4.52. The molecular weight excluding hydrogens is 284 g/mol. The Kier molecular flexibility index (Phi) is 4.37. The van der Waals surface area contributed by atoms with Crippen LogP contribution < -0.4 is 4.74 Å². The van der Waals surface area contributed by atoms with Gasteiger partial charge in [-0.15, -0.1) is 0 Å². The van der Waals surface area contributed by atoms with Gasteiger partial charge in [0.05, 0.1) is 12.6 Å². The summed E-state index contributed by atoms with van der Waals surface area (Å²) < 4.78 is 7.84. The van der Waals surface area contributed by atoms with E-state index in [0.717, 1.165) is 18.0 Å². The molecule has 0 N–H and O–H groups in total. The second-order valence-electron chi connectivity index (χ2n) is 5.99. The molecule has 0 amide bonds. The average Bonchev–Trinajstić information content (AvgIpc) is 2.86. The second-order valence-corrected chi connectivity index (χ2v) is 5.99. The minimum absolute atomic E-state index is 0.887. The molecule has 0 aliphatic heterocycles. The van der Waals surface area contributed by atoms with Crippen molar-refractivity contribution in [2.45, 2.75) is 40.2 Å². The topological polar surface area (TPSA) is 27.1 Å². The van der Waals surface area contributed by atoms with E-state index < -0.39 is 0 Å². The van der Waals surface area contributed by atoms with Gasteiger partial charge in [0.15, 0.2) is 0 Å². The van der Waals surface area contributed by atoms with Crippen LogP contribution in [-0.4, -0.2) is 16.7 Å². The highest BCUT2D eigenvalue weighted by Gasteiger charge is 2.17. The Labute approximate surface area is 137 Å². The minimum Gasteiger partial charge on any atom is -0.497 e. The van der Waals surface area contributed by atoms with Crippen LogP contribution in [0.1, 0.15) is 31.2 Å². The van der Waals surface area contributed by atoms with Gasteiger partial charge in [-0.25, -0.2) is 0 Å². The highest BCUT2D eigenvalue weighted by Crippen LogP contribution is 2.37. The van der Waals surface area contributed by atoms with Crippen molar-refractivity contribution in [1.29, 1.82) is 0 Å². The van der Waals surface area contributed by atoms with Gasteiger partial charge in [-0.1, -0.05) is 25.5 Å². The number of methoxy groups -OCH3 is 1. The van der Waals surface area contributed by atoms with Crippen molar-refractivity contribution in [3.63, 3.8) is 0 Å². The van der Waals surface area contributed by atoms with Crippen molar-refractivity contribution in [1.82, 2.24) is 9.55 Å². The van der Waals surface area contributed by atoms with Crippen molar-refractivity contribution in [2.75, 3.05) is 7.11 Å². The summed E-state index contributed by atoms with van der Waals surface area (Å²) in [5.41, 5.74) is 6.14. The molecule has 120 valence electrons. The van der Waals surface area contributed by atoms with Gasteiger partial charge in [-0.05, 0) is 44.0 Å². The van der Waals surface area contributed by atoms with Crippen molar-refractivity contribution in [2.24, 2.45) is 0 Å². The molecule has 0 spiro atoms. The van der Waals surface area contributed by atoms with Crippen molar-refractivity contribution < 1.29 is 4.74 Å². The third-order valence-electron chi connectivity index (χ3n) is 4.52. The molecule has 3 rings (SSSR count). The number of aromatic nitrogens is 2. The molecule has 0 saturated carbocycles. The molecule has 2 heterocycles. The zero-order chi connectivity index (χ0) is 16.4. The zero-order valence-electron chi connectivity index (χ0n) is 14.4. The van der Waals surface area contributed by atoms with Crippen LogP contribution in [0.3, 0.4) is 0 Å². The fraction of sp³-hybridized carbons (Fsp3) is 0.350. The Balaban J connectivity index is 2.28. The Morgan fingerprint density at radius 3 is 2.74 bits per heavy atom. The average molecular weight is 308 g/mol. The smallest absolute Gasteiger partial charge is 0.119 e. The maximum atomic E-state index is 5.41. The van der Waals surface area contributed by atoms with Crippen LogP contribution >= 0.6 is 0 Å². The Morgan fingerprint density at radius 2 is 2.00 bits per heavy atom. The number of benzene rings is 1. The number of rotatable bonds is 5. The monoisotopic (exact) mass is 308 g/mol. The Bertz CT molecular complexity index is 833. The molecule has 3 aromatic rings. The van der Waals surface area contributed by atoms with Gasteiger partial charge in [-0.3, -0.25) is 4.98 Å². The number of nitrogens with zero attached hydrogens (tertiary/aromatic N) is 2. The maximum Gasteiger partial charge on any atom is 0.119 e.